The number of ether oxygens (including phenoxy) is 2. The number of H-pyrrole nitrogens is 1. The van der Waals surface area contributed by atoms with Crippen molar-refractivity contribution in [3.63, 3.8) is 0 Å². The topological polar surface area (TPSA) is 82.0 Å². The fourth-order valence-electron chi connectivity index (χ4n) is 4.41. The van der Waals surface area contributed by atoms with E-state index >= 15 is 0 Å². The Labute approximate surface area is 192 Å². The van der Waals surface area contributed by atoms with Crippen LogP contribution in [0.15, 0.2) is 53.3 Å². The van der Waals surface area contributed by atoms with E-state index in [2.05, 4.69) is 36.2 Å². The molecule has 0 amide bonds. The van der Waals surface area contributed by atoms with Gasteiger partial charge < -0.3 is 14.5 Å². The quantitative estimate of drug-likeness (QED) is 0.430. The second-order valence-electron chi connectivity index (χ2n) is 8.55. The molecule has 0 fully saturated rings. The molecule has 4 aromatic rings. The monoisotopic (exact) mass is 444 g/mol. The van der Waals surface area contributed by atoms with Crippen LogP contribution in [-0.2, 0) is 19.3 Å². The number of hydrogen-bond donors (Lipinski definition) is 1. The largest absolute Gasteiger partial charge is 0.454 e. The lowest BCUT2D eigenvalue weighted by Crippen LogP contribution is -2.15. The molecule has 0 spiro atoms. The van der Waals surface area contributed by atoms with Crippen LogP contribution in [0, 0.1) is 0 Å². The van der Waals surface area contributed by atoms with Crippen LogP contribution in [-0.4, -0.2) is 26.5 Å². The molecule has 3 heterocycles. The third-order valence-electron chi connectivity index (χ3n) is 6.17. The van der Waals surface area contributed by atoms with Crippen LogP contribution in [0.2, 0.25) is 0 Å². The van der Waals surface area contributed by atoms with Crippen LogP contribution in [0.1, 0.15) is 55.4 Å². The molecule has 1 unspecified atom stereocenters. The van der Waals surface area contributed by atoms with Crippen molar-refractivity contribution in [2.24, 2.45) is 0 Å². The summed E-state index contributed by atoms with van der Waals surface area (Å²) in [6.45, 7) is 4.41. The highest BCUT2D eigenvalue weighted by Crippen LogP contribution is 2.33. The number of rotatable bonds is 8. The van der Waals surface area contributed by atoms with Crippen molar-refractivity contribution in [3.8, 4) is 11.5 Å². The first kappa shape index (κ1) is 21.2. The number of aromatic amines is 1. The fourth-order valence-corrected chi connectivity index (χ4v) is 4.41. The Morgan fingerprint density at radius 1 is 1.09 bits per heavy atom. The van der Waals surface area contributed by atoms with Crippen molar-refractivity contribution in [2.75, 3.05) is 6.79 Å². The number of fused-ring (bicyclic) bond motifs is 2. The fraction of sp³-hybridized carbons (Fsp3) is 0.346. The normalized spacial score (nSPS) is 13.5. The number of hydrogen-bond acceptors (Lipinski definition) is 5. The van der Waals surface area contributed by atoms with Crippen LogP contribution >= 0.6 is 0 Å². The summed E-state index contributed by atoms with van der Waals surface area (Å²) in [5.41, 5.74) is 3.67. The Morgan fingerprint density at radius 3 is 2.73 bits per heavy atom. The second kappa shape index (κ2) is 9.10. The first-order chi connectivity index (χ1) is 16.1. The summed E-state index contributed by atoms with van der Waals surface area (Å²) in [5.74, 6) is 2.08. The predicted molar refractivity (Wildman–Crippen MR) is 127 cm³/mol. The van der Waals surface area contributed by atoms with E-state index in [-0.39, 0.29) is 18.4 Å². The third-order valence-corrected chi connectivity index (χ3v) is 6.17. The number of nitrogens with zero attached hydrogens (tertiary/aromatic N) is 3. The van der Waals surface area contributed by atoms with E-state index in [1.54, 1.807) is 0 Å². The van der Waals surface area contributed by atoms with Crippen molar-refractivity contribution in [1.82, 2.24) is 19.7 Å². The van der Waals surface area contributed by atoms with Gasteiger partial charge >= 0.3 is 0 Å². The van der Waals surface area contributed by atoms with Crippen molar-refractivity contribution < 1.29 is 9.47 Å². The molecule has 1 atom stereocenters. The Bertz CT molecular complexity index is 1330. The zero-order valence-electron chi connectivity index (χ0n) is 19.0. The molecular formula is C26H28N4O3. The minimum atomic E-state index is -0.129. The van der Waals surface area contributed by atoms with Gasteiger partial charge in [0.2, 0.25) is 6.79 Å². The lowest BCUT2D eigenvalue weighted by molar-refractivity contribution is 0.174. The Balaban J connectivity index is 1.41. The minimum absolute atomic E-state index is 0.129. The minimum Gasteiger partial charge on any atom is -0.454 e. The summed E-state index contributed by atoms with van der Waals surface area (Å²) in [7, 11) is 0. The lowest BCUT2D eigenvalue weighted by Gasteiger charge is -2.13. The number of aryl methyl sites for hydroxylation is 2. The van der Waals surface area contributed by atoms with Gasteiger partial charge in [0.25, 0.3) is 5.56 Å². The molecule has 7 nitrogen and oxygen atoms in total. The maximum atomic E-state index is 13.0. The van der Waals surface area contributed by atoms with Crippen molar-refractivity contribution >= 4 is 11.0 Å². The zero-order chi connectivity index (χ0) is 22.8. The summed E-state index contributed by atoms with van der Waals surface area (Å²) in [5, 5.41) is 5.39. The molecule has 5 rings (SSSR count). The molecule has 0 saturated heterocycles. The molecule has 0 aliphatic carbocycles. The van der Waals surface area contributed by atoms with E-state index in [0.29, 0.717) is 29.7 Å². The molecule has 1 aliphatic rings. The SMILES string of the molecule is CCc1nn(C(C)CCCc2ccccc2)c2nc(Cc3ccc4c(c3)OCO4)[nH]c(=O)c12. The van der Waals surface area contributed by atoms with E-state index in [9.17, 15) is 4.79 Å². The summed E-state index contributed by atoms with van der Waals surface area (Å²) in [6.07, 6.45) is 4.21. The second-order valence-corrected chi connectivity index (χ2v) is 8.55. The van der Waals surface area contributed by atoms with Gasteiger partial charge in [0.05, 0.1) is 11.7 Å². The molecule has 2 aromatic heterocycles. The van der Waals surface area contributed by atoms with Crippen LogP contribution in [0.25, 0.3) is 11.0 Å². The van der Waals surface area contributed by atoms with Gasteiger partial charge in [-0.15, -0.1) is 0 Å². The van der Waals surface area contributed by atoms with E-state index in [1.165, 1.54) is 5.56 Å². The van der Waals surface area contributed by atoms with Gasteiger partial charge in [0.15, 0.2) is 17.1 Å². The van der Waals surface area contributed by atoms with Crippen molar-refractivity contribution in [3.05, 3.63) is 81.5 Å². The maximum absolute atomic E-state index is 13.0. The van der Waals surface area contributed by atoms with Gasteiger partial charge in [-0.1, -0.05) is 43.3 Å². The molecule has 170 valence electrons. The van der Waals surface area contributed by atoms with E-state index in [1.807, 2.05) is 35.9 Å². The highest BCUT2D eigenvalue weighted by molar-refractivity contribution is 5.77. The van der Waals surface area contributed by atoms with E-state index in [0.717, 1.165) is 42.0 Å². The van der Waals surface area contributed by atoms with E-state index in [4.69, 9.17) is 19.6 Å². The van der Waals surface area contributed by atoms with Crippen LogP contribution < -0.4 is 15.0 Å². The molecule has 2 aromatic carbocycles. The van der Waals surface area contributed by atoms with Gasteiger partial charge in [-0.05, 0) is 55.9 Å². The molecule has 7 heteroatoms. The average Bonchev–Trinajstić information content (AvgIpc) is 3.44. The lowest BCUT2D eigenvalue weighted by atomic mass is 10.1. The van der Waals surface area contributed by atoms with Crippen molar-refractivity contribution in [1.29, 1.82) is 0 Å². The highest BCUT2D eigenvalue weighted by Gasteiger charge is 2.20. The summed E-state index contributed by atoms with van der Waals surface area (Å²) in [6, 6.07) is 16.5. The molecule has 1 aliphatic heterocycles. The van der Waals surface area contributed by atoms with Gasteiger partial charge in [0.1, 0.15) is 11.2 Å². The Morgan fingerprint density at radius 2 is 1.91 bits per heavy atom. The molecule has 0 radical (unpaired) electrons. The van der Waals surface area contributed by atoms with Gasteiger partial charge in [0, 0.05) is 6.42 Å². The molecule has 1 N–H and O–H groups in total. The third kappa shape index (κ3) is 4.35. The zero-order valence-corrected chi connectivity index (χ0v) is 19.0. The maximum Gasteiger partial charge on any atom is 0.262 e. The number of benzene rings is 2. The van der Waals surface area contributed by atoms with Crippen LogP contribution in [0.5, 0.6) is 11.5 Å². The van der Waals surface area contributed by atoms with Crippen LogP contribution in [0.4, 0.5) is 0 Å². The predicted octanol–water partition coefficient (Wildman–Crippen LogP) is 4.59. The summed E-state index contributed by atoms with van der Waals surface area (Å²) < 4.78 is 12.8. The average molecular weight is 445 g/mol. The van der Waals surface area contributed by atoms with Gasteiger partial charge in [-0.2, -0.15) is 5.10 Å². The van der Waals surface area contributed by atoms with Gasteiger partial charge in [-0.25, -0.2) is 9.67 Å². The Hall–Kier alpha value is -3.61. The molecule has 0 saturated carbocycles. The molecular weight excluding hydrogens is 416 g/mol. The smallest absolute Gasteiger partial charge is 0.262 e. The standard InChI is InChI=1S/C26H28N4O3/c1-3-20-24-25(30(29-20)17(2)8-7-11-18-9-5-4-6-10-18)27-23(28-26(24)31)15-19-12-13-21-22(14-19)33-16-32-21/h4-6,9-10,12-14,17H,3,7-8,11,15-16H2,1-2H3,(H,27,28,31). The first-order valence-corrected chi connectivity index (χ1v) is 11.5. The number of nitrogens with one attached hydrogen (secondary N) is 1. The Kier molecular flexibility index (Phi) is 5.86. The molecule has 0 bridgehead atoms. The van der Waals surface area contributed by atoms with Crippen molar-refractivity contribution in [2.45, 2.75) is 52.0 Å². The number of aromatic nitrogens is 4. The van der Waals surface area contributed by atoms with Crippen LogP contribution in [0.3, 0.4) is 0 Å². The highest BCUT2D eigenvalue weighted by atomic mass is 16.7. The summed E-state index contributed by atoms with van der Waals surface area (Å²) >= 11 is 0. The first-order valence-electron chi connectivity index (χ1n) is 11.5. The summed E-state index contributed by atoms with van der Waals surface area (Å²) in [4.78, 5) is 20.8. The van der Waals surface area contributed by atoms with Gasteiger partial charge in [-0.3, -0.25) is 4.79 Å². The molecule has 33 heavy (non-hydrogen) atoms. The van der Waals surface area contributed by atoms with E-state index < -0.39 is 0 Å².